The van der Waals surface area contributed by atoms with E-state index in [1.54, 1.807) is 7.11 Å². The Bertz CT molecular complexity index is 443. The summed E-state index contributed by atoms with van der Waals surface area (Å²) >= 11 is 6.41. The minimum absolute atomic E-state index is 0.224. The van der Waals surface area contributed by atoms with Gasteiger partial charge in [0.2, 0.25) is 0 Å². The van der Waals surface area contributed by atoms with Crippen LogP contribution in [0.3, 0.4) is 0 Å². The molecule has 1 unspecified atom stereocenters. The van der Waals surface area contributed by atoms with Crippen LogP contribution in [0.1, 0.15) is 33.3 Å². The predicted octanol–water partition coefficient (Wildman–Crippen LogP) is 3.95. The quantitative estimate of drug-likeness (QED) is 0.772. The Morgan fingerprint density at radius 2 is 2.00 bits per heavy atom. The van der Waals surface area contributed by atoms with Gasteiger partial charge in [-0.25, -0.2) is 0 Å². The molecule has 1 aromatic rings. The Balaban J connectivity index is 2.73. The minimum Gasteiger partial charge on any atom is -0.383 e. The van der Waals surface area contributed by atoms with Gasteiger partial charge < -0.3 is 15.0 Å². The number of hydrogen-bond acceptors (Lipinski definition) is 3. The second-order valence-electron chi connectivity index (χ2n) is 6.60. The Hall–Kier alpha value is -0.770. The van der Waals surface area contributed by atoms with Crippen molar-refractivity contribution in [3.05, 3.63) is 28.8 Å². The standard InChI is InChI=1S/C17H29ClN2O/c1-13(17(2,3)4)20(5)15-8-7-14(16(18)11-15)12-19-9-10-21-6/h7-8,11,13,19H,9-10,12H2,1-6H3. The molecule has 0 fully saturated rings. The van der Waals surface area contributed by atoms with Crippen LogP contribution < -0.4 is 10.2 Å². The molecule has 0 radical (unpaired) electrons. The SMILES string of the molecule is COCCNCc1ccc(N(C)C(C)C(C)(C)C)cc1Cl. The summed E-state index contributed by atoms with van der Waals surface area (Å²) in [5.74, 6) is 0. The molecule has 1 N–H and O–H groups in total. The maximum atomic E-state index is 6.41. The Morgan fingerprint density at radius 1 is 1.33 bits per heavy atom. The van der Waals surface area contributed by atoms with Gasteiger partial charge in [-0.2, -0.15) is 0 Å². The maximum Gasteiger partial charge on any atom is 0.0587 e. The van der Waals surface area contributed by atoms with Crippen molar-refractivity contribution in [1.29, 1.82) is 0 Å². The topological polar surface area (TPSA) is 24.5 Å². The van der Waals surface area contributed by atoms with Crippen LogP contribution in [0.4, 0.5) is 5.69 Å². The molecule has 21 heavy (non-hydrogen) atoms. The third-order valence-corrected chi connectivity index (χ3v) is 4.43. The number of benzene rings is 1. The molecule has 0 aromatic heterocycles. The average Bonchev–Trinajstić information content (AvgIpc) is 2.42. The molecule has 0 saturated heterocycles. The zero-order chi connectivity index (χ0) is 16.0. The Labute approximate surface area is 134 Å². The molecular formula is C17H29ClN2O. The first-order chi connectivity index (χ1) is 9.77. The van der Waals surface area contributed by atoms with E-state index in [0.29, 0.717) is 12.6 Å². The van der Waals surface area contributed by atoms with Crippen LogP contribution in [0.25, 0.3) is 0 Å². The lowest BCUT2D eigenvalue weighted by Crippen LogP contribution is -2.39. The van der Waals surface area contributed by atoms with Gasteiger partial charge >= 0.3 is 0 Å². The van der Waals surface area contributed by atoms with Crippen LogP contribution in [0.2, 0.25) is 5.02 Å². The van der Waals surface area contributed by atoms with E-state index in [-0.39, 0.29) is 5.41 Å². The van der Waals surface area contributed by atoms with Gasteiger partial charge in [0.15, 0.2) is 0 Å². The first kappa shape index (κ1) is 18.3. The summed E-state index contributed by atoms with van der Waals surface area (Å²) in [5.41, 5.74) is 2.50. The molecule has 0 aliphatic rings. The van der Waals surface area contributed by atoms with Crippen molar-refractivity contribution in [2.75, 3.05) is 32.2 Å². The van der Waals surface area contributed by atoms with Gasteiger partial charge in [0, 0.05) is 44.0 Å². The van der Waals surface area contributed by atoms with Crippen LogP contribution >= 0.6 is 11.6 Å². The molecule has 1 atom stereocenters. The van der Waals surface area contributed by atoms with E-state index in [1.807, 2.05) is 0 Å². The number of nitrogens with zero attached hydrogens (tertiary/aromatic N) is 1. The third-order valence-electron chi connectivity index (χ3n) is 4.08. The highest BCUT2D eigenvalue weighted by Gasteiger charge is 2.24. The van der Waals surface area contributed by atoms with E-state index >= 15 is 0 Å². The average molecular weight is 313 g/mol. The van der Waals surface area contributed by atoms with Crippen molar-refractivity contribution < 1.29 is 4.74 Å². The van der Waals surface area contributed by atoms with Gasteiger partial charge in [-0.3, -0.25) is 0 Å². The van der Waals surface area contributed by atoms with Gasteiger partial charge in [-0.15, -0.1) is 0 Å². The monoisotopic (exact) mass is 312 g/mol. The number of ether oxygens (including phenoxy) is 1. The Kier molecular flexibility index (Phi) is 6.98. The molecule has 0 spiro atoms. The summed E-state index contributed by atoms with van der Waals surface area (Å²) in [6, 6.07) is 6.72. The molecule has 4 heteroatoms. The fourth-order valence-corrected chi connectivity index (χ4v) is 2.34. The number of halogens is 1. The van der Waals surface area contributed by atoms with Crippen molar-refractivity contribution in [1.82, 2.24) is 5.32 Å². The number of hydrogen-bond donors (Lipinski definition) is 1. The summed E-state index contributed by atoms with van der Waals surface area (Å²) in [4.78, 5) is 2.29. The molecule has 0 heterocycles. The Morgan fingerprint density at radius 3 is 2.52 bits per heavy atom. The predicted molar refractivity (Wildman–Crippen MR) is 92.4 cm³/mol. The second kappa shape index (κ2) is 8.02. The second-order valence-corrected chi connectivity index (χ2v) is 7.01. The van der Waals surface area contributed by atoms with Gasteiger partial charge in [-0.1, -0.05) is 38.4 Å². The van der Waals surface area contributed by atoms with Crippen molar-refractivity contribution in [2.24, 2.45) is 5.41 Å². The van der Waals surface area contributed by atoms with Crippen molar-refractivity contribution in [3.8, 4) is 0 Å². The summed E-state index contributed by atoms with van der Waals surface area (Å²) in [6.45, 7) is 11.3. The van der Waals surface area contributed by atoms with Gasteiger partial charge in [0.25, 0.3) is 0 Å². The van der Waals surface area contributed by atoms with Crippen LogP contribution in [0.15, 0.2) is 18.2 Å². The fraction of sp³-hybridized carbons (Fsp3) is 0.647. The van der Waals surface area contributed by atoms with Crippen LogP contribution in [0.5, 0.6) is 0 Å². The zero-order valence-electron chi connectivity index (χ0n) is 14.2. The largest absolute Gasteiger partial charge is 0.383 e. The van der Waals surface area contributed by atoms with E-state index in [2.05, 4.69) is 63.2 Å². The van der Waals surface area contributed by atoms with Gasteiger partial charge in [-0.05, 0) is 30.0 Å². The normalized spacial score (nSPS) is 13.3. The van der Waals surface area contributed by atoms with E-state index in [0.717, 1.165) is 29.4 Å². The highest BCUT2D eigenvalue weighted by atomic mass is 35.5. The van der Waals surface area contributed by atoms with Gasteiger partial charge in [0.05, 0.1) is 6.61 Å². The van der Waals surface area contributed by atoms with E-state index < -0.39 is 0 Å². The molecule has 0 aliphatic heterocycles. The smallest absolute Gasteiger partial charge is 0.0587 e. The molecule has 3 nitrogen and oxygen atoms in total. The number of rotatable bonds is 7. The van der Waals surface area contributed by atoms with Crippen LogP contribution in [-0.4, -0.2) is 33.4 Å². The maximum absolute atomic E-state index is 6.41. The van der Waals surface area contributed by atoms with Crippen molar-refractivity contribution in [2.45, 2.75) is 40.3 Å². The molecule has 0 aliphatic carbocycles. The minimum atomic E-state index is 0.224. The molecule has 0 amide bonds. The van der Waals surface area contributed by atoms with Crippen LogP contribution in [0, 0.1) is 5.41 Å². The highest BCUT2D eigenvalue weighted by Crippen LogP contribution is 2.29. The van der Waals surface area contributed by atoms with E-state index in [1.165, 1.54) is 0 Å². The molecule has 1 rings (SSSR count). The molecule has 120 valence electrons. The lowest BCUT2D eigenvalue weighted by atomic mass is 9.87. The summed E-state index contributed by atoms with van der Waals surface area (Å²) in [5, 5.41) is 4.13. The summed E-state index contributed by atoms with van der Waals surface area (Å²) in [7, 11) is 3.83. The van der Waals surface area contributed by atoms with Crippen molar-refractivity contribution in [3.63, 3.8) is 0 Å². The summed E-state index contributed by atoms with van der Waals surface area (Å²) in [6.07, 6.45) is 0. The lowest BCUT2D eigenvalue weighted by Gasteiger charge is -2.37. The first-order valence-electron chi connectivity index (χ1n) is 7.48. The molecular weight excluding hydrogens is 284 g/mol. The lowest BCUT2D eigenvalue weighted by molar-refractivity contribution is 0.199. The summed E-state index contributed by atoms with van der Waals surface area (Å²) < 4.78 is 5.02. The van der Waals surface area contributed by atoms with Gasteiger partial charge in [0.1, 0.15) is 0 Å². The van der Waals surface area contributed by atoms with E-state index in [4.69, 9.17) is 16.3 Å². The molecule has 0 bridgehead atoms. The number of nitrogens with one attached hydrogen (secondary N) is 1. The first-order valence-corrected chi connectivity index (χ1v) is 7.86. The highest BCUT2D eigenvalue weighted by molar-refractivity contribution is 6.31. The van der Waals surface area contributed by atoms with Crippen LogP contribution in [-0.2, 0) is 11.3 Å². The fourth-order valence-electron chi connectivity index (χ4n) is 2.10. The number of anilines is 1. The number of methoxy groups -OCH3 is 1. The molecule has 0 saturated carbocycles. The third kappa shape index (κ3) is 5.50. The van der Waals surface area contributed by atoms with Crippen molar-refractivity contribution >= 4 is 17.3 Å². The molecule has 1 aromatic carbocycles. The zero-order valence-corrected chi connectivity index (χ0v) is 14.9. The van der Waals surface area contributed by atoms with E-state index in [9.17, 15) is 0 Å².